The highest BCUT2D eigenvalue weighted by molar-refractivity contribution is 9.13. The average Bonchev–Trinajstić information content (AvgIpc) is 1.61. The Morgan fingerprint density at radius 1 is 1.67 bits per heavy atom. The third-order valence-electron chi connectivity index (χ3n) is 0.976. The molecule has 0 spiro atoms. The predicted octanol–water partition coefficient (Wildman–Crippen LogP) is 2.47. The zero-order valence-electron chi connectivity index (χ0n) is 3.25. The summed E-state index contributed by atoms with van der Waals surface area (Å²) < 4.78 is 0. The summed E-state index contributed by atoms with van der Waals surface area (Å²) in [5.74, 6) is 0. The molecule has 0 amide bonds. The van der Waals surface area contributed by atoms with Gasteiger partial charge in [0, 0.05) is 4.83 Å². The minimum atomic E-state index is 0.678. The third kappa shape index (κ3) is 0.784. The van der Waals surface area contributed by atoms with E-state index in [1.54, 1.807) is 0 Å². The molecule has 0 N–H and O–H groups in total. The molecule has 1 atom stereocenters. The molecule has 35 valence electrons. The van der Waals surface area contributed by atoms with Crippen LogP contribution in [-0.2, 0) is 0 Å². The van der Waals surface area contributed by atoms with Crippen molar-refractivity contribution in [2.45, 2.75) is 17.7 Å². The highest BCUT2D eigenvalue weighted by Gasteiger charge is 2.25. The fourth-order valence-corrected chi connectivity index (χ4v) is 1.28. The molecular weight excluding hydrogens is 208 g/mol. The van der Waals surface area contributed by atoms with Crippen LogP contribution in [0.1, 0.15) is 12.8 Å². The van der Waals surface area contributed by atoms with Crippen molar-refractivity contribution in [2.75, 3.05) is 0 Å². The summed E-state index contributed by atoms with van der Waals surface area (Å²) in [5, 5.41) is 0. The lowest BCUT2D eigenvalue weighted by Gasteiger charge is -2.24. The van der Waals surface area contributed by atoms with Crippen LogP contribution in [0.4, 0.5) is 0 Å². The second kappa shape index (κ2) is 1.83. The summed E-state index contributed by atoms with van der Waals surface area (Å²) in [4.78, 5) is 2.10. The summed E-state index contributed by atoms with van der Waals surface area (Å²) in [7, 11) is 0. The molecule has 1 unspecified atom stereocenters. The Hall–Kier alpha value is 0.960. The van der Waals surface area contributed by atoms with Crippen molar-refractivity contribution in [2.24, 2.45) is 0 Å². The molecule has 1 radical (unpaired) electrons. The van der Waals surface area contributed by atoms with Crippen molar-refractivity contribution in [3.63, 3.8) is 0 Å². The zero-order chi connectivity index (χ0) is 4.57. The maximum Gasteiger partial charge on any atom is 0.0546 e. The monoisotopic (exact) mass is 211 g/mol. The topological polar surface area (TPSA) is 0 Å². The summed E-state index contributed by atoms with van der Waals surface area (Å²) in [6.07, 6.45) is 2.57. The van der Waals surface area contributed by atoms with Crippen LogP contribution in [0.15, 0.2) is 0 Å². The van der Waals surface area contributed by atoms with Crippen LogP contribution in [0.25, 0.3) is 0 Å². The number of hydrogen-bond acceptors (Lipinski definition) is 0. The lowest BCUT2D eigenvalue weighted by atomic mass is 10.0. The molecule has 0 nitrogen and oxygen atoms in total. The smallest absolute Gasteiger partial charge is 0.0546 e. The molecule has 1 saturated carbocycles. The zero-order valence-corrected chi connectivity index (χ0v) is 6.42. The van der Waals surface area contributed by atoms with E-state index >= 15 is 0 Å². The molecule has 1 aliphatic carbocycles. The second-order valence-electron chi connectivity index (χ2n) is 1.45. The van der Waals surface area contributed by atoms with Crippen LogP contribution in [0, 0.1) is 4.83 Å². The van der Waals surface area contributed by atoms with Crippen LogP contribution in [0.2, 0.25) is 0 Å². The molecule has 1 rings (SSSR count). The molecule has 0 saturated heterocycles. The van der Waals surface area contributed by atoms with Gasteiger partial charge in [-0.25, -0.2) is 0 Å². The fraction of sp³-hybridized carbons (Fsp3) is 0.750. The van der Waals surface area contributed by atoms with Crippen LogP contribution in [0.5, 0.6) is 0 Å². The van der Waals surface area contributed by atoms with Gasteiger partial charge in [-0.15, -0.1) is 0 Å². The first kappa shape index (κ1) is 5.10. The molecule has 1 fully saturated rings. The summed E-state index contributed by atoms with van der Waals surface area (Å²) in [6, 6.07) is 0. The van der Waals surface area contributed by atoms with Crippen molar-refractivity contribution in [3.05, 3.63) is 4.83 Å². The molecule has 0 bridgehead atoms. The first-order valence-corrected chi connectivity index (χ1v) is 3.67. The standard InChI is InChI=1S/C4H5Br2/c5-3-1-2-4(3)6/h3H,1-2H2. The van der Waals surface area contributed by atoms with Gasteiger partial charge in [0.25, 0.3) is 0 Å². The van der Waals surface area contributed by atoms with Gasteiger partial charge in [-0.1, -0.05) is 31.9 Å². The normalized spacial score (nSPS) is 36.0. The van der Waals surface area contributed by atoms with Crippen molar-refractivity contribution < 1.29 is 0 Å². The molecular formula is C4H5Br2. The Bertz CT molecular complexity index is 45.5. The Morgan fingerprint density at radius 2 is 2.17 bits per heavy atom. The van der Waals surface area contributed by atoms with Crippen LogP contribution >= 0.6 is 31.9 Å². The van der Waals surface area contributed by atoms with Gasteiger partial charge in [0.15, 0.2) is 0 Å². The van der Waals surface area contributed by atoms with Crippen LogP contribution < -0.4 is 0 Å². The Balaban J connectivity index is 2.20. The molecule has 0 aromatic heterocycles. The van der Waals surface area contributed by atoms with Gasteiger partial charge >= 0.3 is 0 Å². The highest BCUT2D eigenvalue weighted by Crippen LogP contribution is 2.40. The van der Waals surface area contributed by atoms with Gasteiger partial charge in [-0.05, 0) is 12.8 Å². The first-order chi connectivity index (χ1) is 2.80. The van der Waals surface area contributed by atoms with Gasteiger partial charge in [0.1, 0.15) is 0 Å². The van der Waals surface area contributed by atoms with Crippen molar-refractivity contribution in [1.82, 2.24) is 0 Å². The quantitative estimate of drug-likeness (QED) is 0.542. The van der Waals surface area contributed by atoms with Gasteiger partial charge in [-0.3, -0.25) is 0 Å². The van der Waals surface area contributed by atoms with Crippen molar-refractivity contribution in [1.29, 1.82) is 0 Å². The van der Waals surface area contributed by atoms with E-state index in [0.717, 1.165) is 0 Å². The highest BCUT2D eigenvalue weighted by atomic mass is 79.9. The van der Waals surface area contributed by atoms with Crippen LogP contribution in [0.3, 0.4) is 0 Å². The average molecular weight is 213 g/mol. The summed E-state index contributed by atoms with van der Waals surface area (Å²) in [6.45, 7) is 0. The lowest BCUT2D eigenvalue weighted by molar-refractivity contribution is 0.660. The largest absolute Gasteiger partial charge is 0.0875 e. The van der Waals surface area contributed by atoms with E-state index in [4.69, 9.17) is 0 Å². The van der Waals surface area contributed by atoms with E-state index < -0.39 is 0 Å². The summed E-state index contributed by atoms with van der Waals surface area (Å²) >= 11 is 6.84. The van der Waals surface area contributed by atoms with Gasteiger partial charge in [-0.2, -0.15) is 0 Å². The number of hydrogen-bond donors (Lipinski definition) is 0. The van der Waals surface area contributed by atoms with E-state index in [2.05, 4.69) is 31.9 Å². The Kier molecular flexibility index (Phi) is 1.55. The van der Waals surface area contributed by atoms with Gasteiger partial charge in [0.05, 0.1) is 4.83 Å². The number of rotatable bonds is 0. The second-order valence-corrected chi connectivity index (χ2v) is 3.58. The maximum absolute atomic E-state index is 3.44. The van der Waals surface area contributed by atoms with E-state index in [-0.39, 0.29) is 0 Å². The van der Waals surface area contributed by atoms with Crippen molar-refractivity contribution in [3.8, 4) is 0 Å². The minimum Gasteiger partial charge on any atom is -0.0875 e. The molecule has 0 aromatic carbocycles. The molecule has 0 heterocycles. The first-order valence-electron chi connectivity index (χ1n) is 1.96. The molecule has 2 heteroatoms. The van der Waals surface area contributed by atoms with E-state index in [9.17, 15) is 0 Å². The van der Waals surface area contributed by atoms with E-state index in [1.807, 2.05) is 0 Å². The van der Waals surface area contributed by atoms with E-state index in [1.165, 1.54) is 17.7 Å². The minimum absolute atomic E-state index is 0.678. The molecule has 0 aliphatic heterocycles. The Labute approximate surface area is 54.6 Å². The van der Waals surface area contributed by atoms with Gasteiger partial charge < -0.3 is 0 Å². The fourth-order valence-electron chi connectivity index (χ4n) is 0.363. The predicted molar refractivity (Wildman–Crippen MR) is 34.1 cm³/mol. The number of halogens is 2. The summed E-state index contributed by atoms with van der Waals surface area (Å²) in [5.41, 5.74) is 0. The number of alkyl halides is 1. The Morgan fingerprint density at radius 3 is 2.17 bits per heavy atom. The van der Waals surface area contributed by atoms with Crippen molar-refractivity contribution >= 4 is 31.9 Å². The lowest BCUT2D eigenvalue weighted by Crippen LogP contribution is -2.16. The molecule has 6 heavy (non-hydrogen) atoms. The SMILES string of the molecule is Br[C]1CCC1Br. The van der Waals surface area contributed by atoms with Crippen LogP contribution in [-0.4, -0.2) is 4.83 Å². The maximum atomic E-state index is 3.44. The van der Waals surface area contributed by atoms with E-state index in [0.29, 0.717) is 4.83 Å². The molecule has 1 aliphatic rings. The van der Waals surface area contributed by atoms with Gasteiger partial charge in [0.2, 0.25) is 0 Å². The molecule has 0 aromatic rings. The third-order valence-corrected chi connectivity index (χ3v) is 3.55.